The summed E-state index contributed by atoms with van der Waals surface area (Å²) in [6.45, 7) is 3.66. The molecular formula is C11H16F3N5O2. The molecule has 10 heteroatoms. The predicted molar refractivity (Wildman–Crippen MR) is 71.5 cm³/mol. The first kappa shape index (κ1) is 16.9. The van der Waals surface area contributed by atoms with Gasteiger partial charge in [0.25, 0.3) is 0 Å². The molecule has 0 saturated carbocycles. The third-order valence-electron chi connectivity index (χ3n) is 2.61. The van der Waals surface area contributed by atoms with E-state index in [9.17, 15) is 23.3 Å². The van der Waals surface area contributed by atoms with Crippen molar-refractivity contribution in [3.63, 3.8) is 0 Å². The quantitative estimate of drug-likeness (QED) is 0.642. The molecule has 0 amide bonds. The summed E-state index contributed by atoms with van der Waals surface area (Å²) in [5.41, 5.74) is -0.496. The van der Waals surface area contributed by atoms with Crippen LogP contribution in [0.4, 0.5) is 30.6 Å². The molecule has 1 heterocycles. The molecule has 0 aliphatic heterocycles. The number of anilines is 2. The molecule has 1 aromatic rings. The van der Waals surface area contributed by atoms with Gasteiger partial charge in [0.1, 0.15) is 12.2 Å². The molecular weight excluding hydrogens is 291 g/mol. The van der Waals surface area contributed by atoms with Crippen LogP contribution in [0.3, 0.4) is 0 Å². The normalized spacial score (nSPS) is 11.3. The largest absolute Gasteiger partial charge is 0.405 e. The van der Waals surface area contributed by atoms with E-state index in [1.807, 2.05) is 0 Å². The van der Waals surface area contributed by atoms with Crippen molar-refractivity contribution in [3.05, 3.63) is 15.8 Å². The minimum Gasteiger partial charge on any atom is -0.354 e. The summed E-state index contributed by atoms with van der Waals surface area (Å²) in [5, 5.41) is 13.8. The Morgan fingerprint density at radius 3 is 2.38 bits per heavy atom. The SMILES string of the molecule is CCNc1nc(C)c([N+](=O)[O-])c(N(CC)CC(F)(F)F)n1. The summed E-state index contributed by atoms with van der Waals surface area (Å²) in [4.78, 5) is 18.9. The Hall–Kier alpha value is -2.13. The summed E-state index contributed by atoms with van der Waals surface area (Å²) in [6.07, 6.45) is -4.49. The Kier molecular flexibility index (Phi) is 5.28. The molecule has 0 saturated heterocycles. The van der Waals surface area contributed by atoms with Gasteiger partial charge in [0, 0.05) is 13.1 Å². The van der Waals surface area contributed by atoms with Crippen LogP contribution in [0.2, 0.25) is 0 Å². The predicted octanol–water partition coefficient (Wildman–Crippen LogP) is 2.51. The lowest BCUT2D eigenvalue weighted by Crippen LogP contribution is -2.35. The van der Waals surface area contributed by atoms with E-state index in [0.29, 0.717) is 6.54 Å². The van der Waals surface area contributed by atoms with Gasteiger partial charge in [0.05, 0.1) is 4.92 Å². The molecule has 118 valence electrons. The van der Waals surface area contributed by atoms with Crippen molar-refractivity contribution in [2.24, 2.45) is 0 Å². The van der Waals surface area contributed by atoms with E-state index in [4.69, 9.17) is 0 Å². The lowest BCUT2D eigenvalue weighted by Gasteiger charge is -2.23. The first-order chi connectivity index (χ1) is 9.69. The van der Waals surface area contributed by atoms with Crippen LogP contribution in [0.1, 0.15) is 19.5 Å². The number of halogens is 3. The summed E-state index contributed by atoms with van der Waals surface area (Å²) in [6, 6.07) is 0. The molecule has 0 aliphatic carbocycles. The Balaban J connectivity index is 3.37. The molecule has 0 aliphatic rings. The Morgan fingerprint density at radius 2 is 1.95 bits per heavy atom. The highest BCUT2D eigenvalue weighted by atomic mass is 19.4. The lowest BCUT2D eigenvalue weighted by atomic mass is 10.3. The number of nitrogens with zero attached hydrogens (tertiary/aromatic N) is 4. The van der Waals surface area contributed by atoms with Crippen LogP contribution in [0, 0.1) is 17.0 Å². The number of hydrogen-bond donors (Lipinski definition) is 1. The highest BCUT2D eigenvalue weighted by Gasteiger charge is 2.34. The van der Waals surface area contributed by atoms with Gasteiger partial charge in [-0.1, -0.05) is 0 Å². The van der Waals surface area contributed by atoms with Crippen molar-refractivity contribution in [1.29, 1.82) is 0 Å². The van der Waals surface area contributed by atoms with Crippen LogP contribution in [0.5, 0.6) is 0 Å². The number of alkyl halides is 3. The third-order valence-corrected chi connectivity index (χ3v) is 2.61. The molecule has 1 rings (SSSR count). The number of aromatic nitrogens is 2. The second kappa shape index (κ2) is 6.55. The Labute approximate surface area is 119 Å². The van der Waals surface area contributed by atoms with Crippen LogP contribution >= 0.6 is 0 Å². The van der Waals surface area contributed by atoms with Gasteiger partial charge in [-0.15, -0.1) is 0 Å². The molecule has 0 bridgehead atoms. The number of aryl methyl sites for hydroxylation is 1. The van der Waals surface area contributed by atoms with E-state index in [2.05, 4.69) is 15.3 Å². The average molecular weight is 307 g/mol. The van der Waals surface area contributed by atoms with Gasteiger partial charge >= 0.3 is 11.9 Å². The van der Waals surface area contributed by atoms with E-state index in [-0.39, 0.29) is 24.0 Å². The van der Waals surface area contributed by atoms with Crippen LogP contribution in [-0.2, 0) is 0 Å². The maximum atomic E-state index is 12.6. The molecule has 1 aromatic heterocycles. The average Bonchev–Trinajstić information content (AvgIpc) is 2.34. The summed E-state index contributed by atoms with van der Waals surface area (Å²) in [7, 11) is 0. The van der Waals surface area contributed by atoms with Crippen molar-refractivity contribution in [2.45, 2.75) is 26.9 Å². The number of nitrogens with one attached hydrogen (secondary N) is 1. The van der Waals surface area contributed by atoms with E-state index in [1.54, 1.807) is 6.92 Å². The zero-order valence-corrected chi connectivity index (χ0v) is 11.9. The molecule has 0 fully saturated rings. The number of rotatable bonds is 6. The number of nitro groups is 1. The van der Waals surface area contributed by atoms with Crippen molar-refractivity contribution >= 4 is 17.5 Å². The summed E-state index contributed by atoms with van der Waals surface area (Å²) >= 11 is 0. The second-order valence-electron chi connectivity index (χ2n) is 4.22. The fourth-order valence-corrected chi connectivity index (χ4v) is 1.78. The smallest absolute Gasteiger partial charge is 0.354 e. The zero-order chi connectivity index (χ0) is 16.2. The van der Waals surface area contributed by atoms with Crippen LogP contribution in [0.15, 0.2) is 0 Å². The van der Waals surface area contributed by atoms with Crippen LogP contribution < -0.4 is 10.2 Å². The molecule has 21 heavy (non-hydrogen) atoms. The highest BCUT2D eigenvalue weighted by Crippen LogP contribution is 2.31. The Bertz CT molecular complexity index is 521. The number of hydrogen-bond acceptors (Lipinski definition) is 6. The van der Waals surface area contributed by atoms with Crippen molar-refractivity contribution in [3.8, 4) is 0 Å². The van der Waals surface area contributed by atoms with E-state index in [0.717, 1.165) is 4.90 Å². The van der Waals surface area contributed by atoms with Gasteiger partial charge < -0.3 is 10.2 Å². The highest BCUT2D eigenvalue weighted by molar-refractivity contribution is 5.62. The second-order valence-corrected chi connectivity index (χ2v) is 4.22. The van der Waals surface area contributed by atoms with Gasteiger partial charge in [0.15, 0.2) is 0 Å². The standard InChI is InChI=1S/C11H16F3N5O2/c1-4-15-10-16-7(3)8(19(20)21)9(17-10)18(5-2)6-11(12,13)14/h4-6H2,1-3H3,(H,15,16,17). The van der Waals surface area contributed by atoms with Crippen LogP contribution in [0.25, 0.3) is 0 Å². The van der Waals surface area contributed by atoms with E-state index in [1.165, 1.54) is 13.8 Å². The molecule has 0 unspecified atom stereocenters. The van der Waals surface area contributed by atoms with E-state index < -0.39 is 23.3 Å². The van der Waals surface area contributed by atoms with Crippen LogP contribution in [-0.4, -0.2) is 40.7 Å². The first-order valence-electron chi connectivity index (χ1n) is 6.28. The van der Waals surface area contributed by atoms with Crippen molar-refractivity contribution in [2.75, 3.05) is 29.9 Å². The van der Waals surface area contributed by atoms with Gasteiger partial charge in [-0.2, -0.15) is 18.2 Å². The molecule has 7 nitrogen and oxygen atoms in total. The lowest BCUT2D eigenvalue weighted by molar-refractivity contribution is -0.385. The molecule has 0 radical (unpaired) electrons. The summed E-state index contributed by atoms with van der Waals surface area (Å²) in [5.74, 6) is -0.264. The topological polar surface area (TPSA) is 84.2 Å². The molecule has 0 spiro atoms. The van der Waals surface area contributed by atoms with Gasteiger partial charge in [-0.3, -0.25) is 10.1 Å². The zero-order valence-electron chi connectivity index (χ0n) is 11.9. The maximum absolute atomic E-state index is 12.6. The van der Waals surface area contributed by atoms with E-state index >= 15 is 0 Å². The molecule has 0 atom stereocenters. The van der Waals surface area contributed by atoms with Gasteiger partial charge in [-0.05, 0) is 20.8 Å². The third kappa shape index (κ3) is 4.43. The minimum atomic E-state index is -4.49. The van der Waals surface area contributed by atoms with Crippen molar-refractivity contribution in [1.82, 2.24) is 9.97 Å². The van der Waals surface area contributed by atoms with Crippen molar-refractivity contribution < 1.29 is 18.1 Å². The fraction of sp³-hybridized carbons (Fsp3) is 0.636. The fourth-order valence-electron chi connectivity index (χ4n) is 1.78. The minimum absolute atomic E-state index is 0.0153. The monoisotopic (exact) mass is 307 g/mol. The Morgan fingerprint density at radius 1 is 1.33 bits per heavy atom. The molecule has 0 aromatic carbocycles. The van der Waals surface area contributed by atoms with Gasteiger partial charge in [-0.25, -0.2) is 4.98 Å². The first-order valence-corrected chi connectivity index (χ1v) is 6.28. The maximum Gasteiger partial charge on any atom is 0.405 e. The van der Waals surface area contributed by atoms with Gasteiger partial charge in [0.2, 0.25) is 11.8 Å². The summed E-state index contributed by atoms with van der Waals surface area (Å²) < 4.78 is 37.8. The molecule has 1 N–H and O–H groups in total.